The molecule has 4 nitrogen and oxygen atoms in total. The number of thiocarbonyl (C=S) groups is 1. The van der Waals surface area contributed by atoms with Crippen LogP contribution >= 0.6 is 24.0 Å². The highest BCUT2D eigenvalue weighted by Crippen LogP contribution is 2.25. The number of nitrogens with one attached hydrogen (secondary N) is 2. The number of benzene rings is 1. The molecule has 0 unspecified atom stereocenters. The van der Waals surface area contributed by atoms with Crippen LogP contribution in [0.3, 0.4) is 0 Å². The Morgan fingerprint density at radius 2 is 2.15 bits per heavy atom. The topological polar surface area (TPSA) is 53.5 Å². The summed E-state index contributed by atoms with van der Waals surface area (Å²) in [7, 11) is 0. The number of para-hydroxylation sites is 1. The lowest BCUT2D eigenvalue weighted by Crippen LogP contribution is -2.32. The molecule has 6 heteroatoms. The van der Waals surface area contributed by atoms with Crippen LogP contribution in [0.25, 0.3) is 0 Å². The Morgan fingerprint density at radius 1 is 1.45 bits per heavy atom. The number of amidine groups is 1. The van der Waals surface area contributed by atoms with Gasteiger partial charge in [-0.3, -0.25) is 4.79 Å². The molecule has 2 rings (SSSR count). The molecule has 1 aromatic carbocycles. The molecule has 106 valence electrons. The zero-order chi connectivity index (χ0) is 14.8. The minimum atomic E-state index is -0.325. The van der Waals surface area contributed by atoms with Crippen molar-refractivity contribution < 1.29 is 4.79 Å². The summed E-state index contributed by atoms with van der Waals surface area (Å²) in [4.78, 5) is 16.5. The molecule has 0 atom stereocenters. The number of thioether (sulfide) groups is 1. The first-order chi connectivity index (χ1) is 9.38. The van der Waals surface area contributed by atoms with Crippen molar-refractivity contribution in [2.45, 2.75) is 32.1 Å². The van der Waals surface area contributed by atoms with E-state index in [0.29, 0.717) is 0 Å². The van der Waals surface area contributed by atoms with Gasteiger partial charge in [-0.15, -0.1) is 0 Å². The second kappa shape index (κ2) is 5.93. The van der Waals surface area contributed by atoms with Crippen LogP contribution in [-0.4, -0.2) is 21.6 Å². The van der Waals surface area contributed by atoms with E-state index < -0.39 is 0 Å². The summed E-state index contributed by atoms with van der Waals surface area (Å²) < 4.78 is 0. The quantitative estimate of drug-likeness (QED) is 0.843. The van der Waals surface area contributed by atoms with Crippen molar-refractivity contribution >= 4 is 45.7 Å². The van der Waals surface area contributed by atoms with Crippen LogP contribution in [0.2, 0.25) is 0 Å². The average molecular weight is 307 g/mol. The van der Waals surface area contributed by atoms with E-state index in [1.54, 1.807) is 11.8 Å². The molecule has 0 bridgehead atoms. The van der Waals surface area contributed by atoms with E-state index in [1.165, 1.54) is 6.92 Å². The van der Waals surface area contributed by atoms with Gasteiger partial charge in [0.2, 0.25) is 5.91 Å². The van der Waals surface area contributed by atoms with Crippen LogP contribution in [0, 0.1) is 0 Å². The lowest BCUT2D eigenvalue weighted by molar-refractivity contribution is -0.114. The monoisotopic (exact) mass is 307 g/mol. The van der Waals surface area contributed by atoms with E-state index in [2.05, 4.69) is 15.6 Å². The maximum Gasteiger partial charge on any atom is 0.221 e. The molecule has 0 radical (unpaired) electrons. The molecule has 1 aliphatic heterocycles. The number of nitrogens with zero attached hydrogens (tertiary/aromatic N) is 1. The third-order valence-electron chi connectivity index (χ3n) is 2.85. The fourth-order valence-corrected chi connectivity index (χ4v) is 2.97. The molecule has 1 heterocycles. The minimum absolute atomic E-state index is 0.0684. The van der Waals surface area contributed by atoms with Crippen molar-refractivity contribution in [3.8, 4) is 0 Å². The standard InChI is InChI=1S/C14H17N3OS2/c1-9(18)15-11-7-5-4-6-10(11)8-20-13-16-12(19)14(2,3)17-13/h4-7H,8H2,1-3H3,(H,15,18)(H,16,17,19). The molecule has 1 amide bonds. The SMILES string of the molecule is CC(=O)Nc1ccccc1CSC1=NC(C)(C)C(=S)N1. The fourth-order valence-electron chi connectivity index (χ4n) is 1.75. The highest BCUT2D eigenvalue weighted by Gasteiger charge is 2.30. The second-order valence-electron chi connectivity index (χ2n) is 5.06. The summed E-state index contributed by atoms with van der Waals surface area (Å²) in [5.74, 6) is 0.655. The largest absolute Gasteiger partial charge is 0.327 e. The maximum atomic E-state index is 11.2. The number of carbonyl (C=O) groups excluding carboxylic acids is 1. The summed E-state index contributed by atoms with van der Waals surface area (Å²) in [6, 6.07) is 7.76. The Hall–Kier alpha value is -1.40. The fraction of sp³-hybridized carbons (Fsp3) is 0.357. The summed E-state index contributed by atoms with van der Waals surface area (Å²) in [5.41, 5.74) is 1.58. The van der Waals surface area contributed by atoms with Gasteiger partial charge in [-0.2, -0.15) is 0 Å². The number of amides is 1. The molecule has 0 fully saturated rings. The Morgan fingerprint density at radius 3 is 2.75 bits per heavy atom. The number of aliphatic imine (C=N–C) groups is 1. The first-order valence-corrected chi connectivity index (χ1v) is 7.67. The summed E-state index contributed by atoms with van der Waals surface area (Å²) >= 11 is 6.83. The van der Waals surface area contributed by atoms with E-state index in [4.69, 9.17) is 12.2 Å². The Labute approximate surface area is 128 Å². The molecule has 0 aliphatic carbocycles. The van der Waals surface area contributed by atoms with Gasteiger partial charge in [-0.1, -0.05) is 42.2 Å². The van der Waals surface area contributed by atoms with Crippen molar-refractivity contribution in [1.82, 2.24) is 5.32 Å². The maximum absolute atomic E-state index is 11.2. The molecule has 1 aliphatic rings. The number of hydrogen-bond acceptors (Lipinski definition) is 4. The molecule has 0 saturated carbocycles. The van der Waals surface area contributed by atoms with Crippen molar-refractivity contribution in [1.29, 1.82) is 0 Å². The van der Waals surface area contributed by atoms with E-state index in [1.807, 2.05) is 38.1 Å². The van der Waals surface area contributed by atoms with E-state index in [0.717, 1.165) is 27.2 Å². The zero-order valence-corrected chi connectivity index (χ0v) is 13.3. The van der Waals surface area contributed by atoms with Gasteiger partial charge < -0.3 is 10.6 Å². The van der Waals surface area contributed by atoms with E-state index in [9.17, 15) is 4.79 Å². The lowest BCUT2D eigenvalue weighted by atomic mass is 10.1. The van der Waals surface area contributed by atoms with Gasteiger partial charge in [0, 0.05) is 18.4 Å². The van der Waals surface area contributed by atoms with Gasteiger partial charge in [0.15, 0.2) is 5.17 Å². The normalized spacial score (nSPS) is 16.6. The average Bonchev–Trinajstić information content (AvgIpc) is 2.61. The van der Waals surface area contributed by atoms with Crippen molar-refractivity contribution in [2.24, 2.45) is 4.99 Å². The van der Waals surface area contributed by atoms with Crippen LogP contribution in [-0.2, 0) is 10.5 Å². The van der Waals surface area contributed by atoms with Gasteiger partial charge in [-0.05, 0) is 25.5 Å². The number of anilines is 1. The minimum Gasteiger partial charge on any atom is -0.327 e. The number of carbonyl (C=O) groups is 1. The first-order valence-electron chi connectivity index (χ1n) is 6.28. The first kappa shape index (κ1) is 15.0. The highest BCUT2D eigenvalue weighted by atomic mass is 32.2. The van der Waals surface area contributed by atoms with E-state index >= 15 is 0 Å². The Kier molecular flexibility index (Phi) is 4.45. The van der Waals surface area contributed by atoms with Crippen LogP contribution in [0.4, 0.5) is 5.69 Å². The Bertz CT molecular complexity index is 582. The van der Waals surface area contributed by atoms with Crippen molar-refractivity contribution in [3.63, 3.8) is 0 Å². The van der Waals surface area contributed by atoms with Gasteiger partial charge in [-0.25, -0.2) is 4.99 Å². The Balaban J connectivity index is 2.05. The summed E-state index contributed by atoms with van der Waals surface area (Å²) in [6.07, 6.45) is 0. The van der Waals surface area contributed by atoms with Crippen LogP contribution < -0.4 is 10.6 Å². The lowest BCUT2D eigenvalue weighted by Gasteiger charge is -2.11. The highest BCUT2D eigenvalue weighted by molar-refractivity contribution is 8.13. The third kappa shape index (κ3) is 3.58. The molecule has 0 aromatic heterocycles. The smallest absolute Gasteiger partial charge is 0.221 e. The zero-order valence-electron chi connectivity index (χ0n) is 11.7. The van der Waals surface area contributed by atoms with Crippen LogP contribution in [0.5, 0.6) is 0 Å². The third-order valence-corrected chi connectivity index (χ3v) is 4.37. The number of hydrogen-bond donors (Lipinski definition) is 2. The molecule has 20 heavy (non-hydrogen) atoms. The molecule has 0 saturated heterocycles. The summed E-state index contributed by atoms with van der Waals surface area (Å²) in [6.45, 7) is 5.48. The van der Waals surface area contributed by atoms with Crippen molar-refractivity contribution in [2.75, 3.05) is 5.32 Å². The predicted molar refractivity (Wildman–Crippen MR) is 89.3 cm³/mol. The molecule has 2 N–H and O–H groups in total. The van der Waals surface area contributed by atoms with Crippen LogP contribution in [0.1, 0.15) is 26.3 Å². The summed E-state index contributed by atoms with van der Waals surface area (Å²) in [5, 5.41) is 6.80. The van der Waals surface area contributed by atoms with Gasteiger partial charge >= 0.3 is 0 Å². The van der Waals surface area contributed by atoms with Crippen LogP contribution in [0.15, 0.2) is 29.3 Å². The predicted octanol–water partition coefficient (Wildman–Crippen LogP) is 2.94. The van der Waals surface area contributed by atoms with Crippen molar-refractivity contribution in [3.05, 3.63) is 29.8 Å². The van der Waals surface area contributed by atoms with Gasteiger partial charge in [0.1, 0.15) is 10.5 Å². The molecule has 1 aromatic rings. The molecular weight excluding hydrogens is 290 g/mol. The molecular formula is C14H17N3OS2. The van der Waals surface area contributed by atoms with Gasteiger partial charge in [0.05, 0.1) is 0 Å². The number of rotatable bonds is 3. The van der Waals surface area contributed by atoms with E-state index in [-0.39, 0.29) is 11.4 Å². The second-order valence-corrected chi connectivity index (χ2v) is 6.43. The molecule has 0 spiro atoms. The van der Waals surface area contributed by atoms with Gasteiger partial charge in [0.25, 0.3) is 0 Å².